The first-order valence-corrected chi connectivity index (χ1v) is 21.2. The van der Waals surface area contributed by atoms with Crippen molar-refractivity contribution in [3.05, 3.63) is 267 Å². The summed E-state index contributed by atoms with van der Waals surface area (Å²) in [5, 5.41) is 0. The lowest BCUT2D eigenvalue weighted by Crippen LogP contribution is -2.09. The molecule has 0 saturated carbocycles. The zero-order chi connectivity index (χ0) is 41.5. The van der Waals surface area contributed by atoms with Crippen LogP contribution < -0.4 is 9.80 Å². The molecular formula is C60H44N2. The molecule has 0 atom stereocenters. The van der Waals surface area contributed by atoms with Crippen LogP contribution in [0.25, 0.3) is 55.6 Å². The predicted molar refractivity (Wildman–Crippen MR) is 263 cm³/mol. The third kappa shape index (κ3) is 7.93. The van der Waals surface area contributed by atoms with E-state index in [2.05, 4.69) is 277 Å². The molecule has 10 rings (SSSR count). The second kappa shape index (κ2) is 17.6. The molecule has 0 unspecified atom stereocenters. The molecule has 0 aliphatic heterocycles. The van der Waals surface area contributed by atoms with E-state index >= 15 is 0 Å². The quantitative estimate of drug-likeness (QED) is 0.129. The second-order valence-corrected chi connectivity index (χ2v) is 15.4. The van der Waals surface area contributed by atoms with Crippen LogP contribution >= 0.6 is 0 Å². The highest BCUT2D eigenvalue weighted by atomic mass is 15.1. The summed E-state index contributed by atoms with van der Waals surface area (Å²) in [5.74, 6) is 0. The molecule has 0 aliphatic rings. The van der Waals surface area contributed by atoms with Crippen LogP contribution in [0.5, 0.6) is 0 Å². The van der Waals surface area contributed by atoms with Crippen molar-refractivity contribution < 1.29 is 0 Å². The molecular weight excluding hydrogens is 749 g/mol. The van der Waals surface area contributed by atoms with Gasteiger partial charge < -0.3 is 9.80 Å². The largest absolute Gasteiger partial charge is 0.311 e. The topological polar surface area (TPSA) is 6.48 Å². The maximum atomic E-state index is 2.32. The third-order valence-corrected chi connectivity index (χ3v) is 11.5. The number of hydrogen-bond acceptors (Lipinski definition) is 2. The molecule has 0 radical (unpaired) electrons. The van der Waals surface area contributed by atoms with Crippen molar-refractivity contribution in [3.63, 3.8) is 0 Å². The second-order valence-electron chi connectivity index (χ2n) is 15.4. The van der Waals surface area contributed by atoms with Crippen LogP contribution in [0.3, 0.4) is 0 Å². The number of nitrogens with zero attached hydrogens (tertiary/aromatic N) is 2. The van der Waals surface area contributed by atoms with E-state index in [1.54, 1.807) is 0 Å². The molecule has 10 aromatic rings. The molecule has 0 amide bonds. The monoisotopic (exact) mass is 792 g/mol. The van der Waals surface area contributed by atoms with Gasteiger partial charge in [0.2, 0.25) is 0 Å². The maximum Gasteiger partial charge on any atom is 0.0462 e. The van der Waals surface area contributed by atoms with Gasteiger partial charge in [0.25, 0.3) is 0 Å². The Labute approximate surface area is 364 Å². The Hall–Kier alpha value is -8.20. The summed E-state index contributed by atoms with van der Waals surface area (Å²) in [4.78, 5) is 4.64. The lowest BCUT2D eigenvalue weighted by Gasteiger charge is -2.26. The first-order valence-electron chi connectivity index (χ1n) is 21.2. The Morgan fingerprint density at radius 1 is 0.145 bits per heavy atom. The van der Waals surface area contributed by atoms with E-state index in [0.717, 1.165) is 34.1 Å². The average Bonchev–Trinajstić information content (AvgIpc) is 3.36. The van der Waals surface area contributed by atoms with Crippen molar-refractivity contribution in [1.29, 1.82) is 0 Å². The number of para-hydroxylation sites is 2. The minimum absolute atomic E-state index is 1.10. The van der Waals surface area contributed by atoms with Crippen LogP contribution in [-0.2, 0) is 0 Å². The predicted octanol–water partition coefficient (Wildman–Crippen LogP) is 17.0. The van der Waals surface area contributed by atoms with Gasteiger partial charge in [-0.1, -0.05) is 194 Å². The standard InChI is InChI=1S/C60H44N2/c1-5-17-45(18-6-1)47-29-37-53(38-30-47)61(51-21-9-3-10-22-51)55-41-33-49(34-42-55)57-25-13-15-27-59(57)60-28-16-14-26-58(60)50-35-43-56(44-36-50)62(52-23-11-4-12-24-52)54-39-31-48(32-40-54)46-19-7-2-8-20-46/h1-44H. The third-order valence-electron chi connectivity index (χ3n) is 11.5. The molecule has 0 bridgehead atoms. The summed E-state index contributed by atoms with van der Waals surface area (Å²) in [6.07, 6.45) is 0. The Morgan fingerprint density at radius 2 is 0.355 bits per heavy atom. The minimum atomic E-state index is 1.10. The van der Waals surface area contributed by atoms with Crippen molar-refractivity contribution >= 4 is 34.1 Å². The summed E-state index contributed by atoms with van der Waals surface area (Å²) >= 11 is 0. The first-order chi connectivity index (χ1) is 30.8. The normalized spacial score (nSPS) is 10.9. The molecule has 0 fully saturated rings. The van der Waals surface area contributed by atoms with Gasteiger partial charge in [-0.25, -0.2) is 0 Å². The van der Waals surface area contributed by atoms with E-state index in [9.17, 15) is 0 Å². The number of anilines is 6. The highest BCUT2D eigenvalue weighted by Crippen LogP contribution is 2.42. The van der Waals surface area contributed by atoms with Crippen molar-refractivity contribution in [2.75, 3.05) is 9.80 Å². The van der Waals surface area contributed by atoms with Crippen LogP contribution in [0.4, 0.5) is 34.1 Å². The van der Waals surface area contributed by atoms with E-state index in [0.29, 0.717) is 0 Å². The van der Waals surface area contributed by atoms with E-state index < -0.39 is 0 Å². The van der Waals surface area contributed by atoms with Gasteiger partial charge in [-0.3, -0.25) is 0 Å². The lowest BCUT2D eigenvalue weighted by molar-refractivity contribution is 1.28. The van der Waals surface area contributed by atoms with Gasteiger partial charge >= 0.3 is 0 Å². The molecule has 2 nitrogen and oxygen atoms in total. The van der Waals surface area contributed by atoms with Gasteiger partial charge in [0.15, 0.2) is 0 Å². The van der Waals surface area contributed by atoms with Gasteiger partial charge in [-0.2, -0.15) is 0 Å². The zero-order valence-corrected chi connectivity index (χ0v) is 34.3. The molecule has 62 heavy (non-hydrogen) atoms. The highest BCUT2D eigenvalue weighted by molar-refractivity contribution is 5.93. The Morgan fingerprint density at radius 3 is 0.661 bits per heavy atom. The molecule has 0 saturated heterocycles. The van der Waals surface area contributed by atoms with Crippen LogP contribution in [0.2, 0.25) is 0 Å². The fourth-order valence-corrected chi connectivity index (χ4v) is 8.44. The summed E-state index contributed by atoms with van der Waals surface area (Å²) in [6.45, 7) is 0. The zero-order valence-electron chi connectivity index (χ0n) is 34.3. The van der Waals surface area contributed by atoms with E-state index in [1.807, 2.05) is 0 Å². The Bertz CT molecular complexity index is 2790. The van der Waals surface area contributed by atoms with Crippen LogP contribution in [0.1, 0.15) is 0 Å². The SMILES string of the molecule is c1ccc(-c2ccc(N(c3ccccc3)c3ccc(-c4ccccc4-c4ccccc4-c4ccc(N(c5ccccc5)c5ccc(-c6ccccc6)cc5)cc4)cc3)cc2)cc1. The van der Waals surface area contributed by atoms with Gasteiger partial charge in [-0.05, 0) is 128 Å². The fraction of sp³-hybridized carbons (Fsp3) is 0. The van der Waals surface area contributed by atoms with Crippen LogP contribution in [0.15, 0.2) is 267 Å². The Kier molecular flexibility index (Phi) is 10.8. The van der Waals surface area contributed by atoms with Crippen LogP contribution in [-0.4, -0.2) is 0 Å². The number of hydrogen-bond donors (Lipinski definition) is 0. The molecule has 0 aromatic heterocycles. The highest BCUT2D eigenvalue weighted by Gasteiger charge is 2.17. The summed E-state index contributed by atoms with van der Waals surface area (Å²) in [7, 11) is 0. The van der Waals surface area contributed by atoms with Gasteiger partial charge in [0.1, 0.15) is 0 Å². The average molecular weight is 793 g/mol. The van der Waals surface area contributed by atoms with Gasteiger partial charge in [0.05, 0.1) is 0 Å². The van der Waals surface area contributed by atoms with Crippen molar-refractivity contribution in [2.45, 2.75) is 0 Å². The summed E-state index contributed by atoms with van der Waals surface area (Å²) < 4.78 is 0. The van der Waals surface area contributed by atoms with E-state index in [1.165, 1.54) is 55.6 Å². The first kappa shape index (κ1) is 38.0. The molecule has 0 aliphatic carbocycles. The molecule has 294 valence electrons. The van der Waals surface area contributed by atoms with Crippen LogP contribution in [0, 0.1) is 0 Å². The smallest absolute Gasteiger partial charge is 0.0462 e. The summed E-state index contributed by atoms with van der Waals surface area (Å²) in [6, 6.07) is 95.5. The van der Waals surface area contributed by atoms with Gasteiger partial charge in [0, 0.05) is 34.1 Å². The van der Waals surface area contributed by atoms with Crippen molar-refractivity contribution in [1.82, 2.24) is 0 Å². The van der Waals surface area contributed by atoms with Gasteiger partial charge in [-0.15, -0.1) is 0 Å². The van der Waals surface area contributed by atoms with Crippen molar-refractivity contribution in [3.8, 4) is 55.6 Å². The van der Waals surface area contributed by atoms with E-state index in [4.69, 9.17) is 0 Å². The molecule has 0 heterocycles. The number of benzene rings is 10. The maximum absolute atomic E-state index is 2.32. The lowest BCUT2D eigenvalue weighted by atomic mass is 9.89. The molecule has 2 heteroatoms. The number of rotatable bonds is 11. The van der Waals surface area contributed by atoms with E-state index in [-0.39, 0.29) is 0 Å². The molecule has 0 spiro atoms. The molecule has 0 N–H and O–H groups in total. The fourth-order valence-electron chi connectivity index (χ4n) is 8.44. The molecule has 10 aromatic carbocycles. The Balaban J connectivity index is 0.962. The summed E-state index contributed by atoms with van der Waals surface area (Å²) in [5.41, 5.74) is 18.6. The minimum Gasteiger partial charge on any atom is -0.311 e. The van der Waals surface area contributed by atoms with Crippen molar-refractivity contribution in [2.24, 2.45) is 0 Å².